The molecule has 1 atom stereocenters. The second-order valence-corrected chi connectivity index (χ2v) is 12.8. The van der Waals surface area contributed by atoms with E-state index in [0.29, 0.717) is 0 Å². The van der Waals surface area contributed by atoms with Crippen LogP contribution in [0, 0.1) is 5.41 Å². The summed E-state index contributed by atoms with van der Waals surface area (Å²) in [7, 11) is 0. The molecular formula is C41H56O2. The number of hydrogen-bond acceptors (Lipinski definition) is 2. The number of rotatable bonds is 14. The average Bonchev–Trinajstić information content (AvgIpc) is 2.88. The summed E-state index contributed by atoms with van der Waals surface area (Å²) in [4.78, 5) is 12.2. The second kappa shape index (κ2) is 19.7. The van der Waals surface area contributed by atoms with Crippen molar-refractivity contribution in [2.24, 2.45) is 5.41 Å². The van der Waals surface area contributed by atoms with Gasteiger partial charge in [0.1, 0.15) is 0 Å². The number of ketones is 1. The summed E-state index contributed by atoms with van der Waals surface area (Å²) in [6.07, 6.45) is 35.7. The van der Waals surface area contributed by atoms with Crippen LogP contribution in [0.3, 0.4) is 0 Å². The highest BCUT2D eigenvalue weighted by atomic mass is 16.3. The average molecular weight is 581 g/mol. The lowest BCUT2D eigenvalue weighted by Gasteiger charge is -2.35. The van der Waals surface area contributed by atoms with Crippen molar-refractivity contribution in [2.75, 3.05) is 0 Å². The fourth-order valence-corrected chi connectivity index (χ4v) is 4.90. The zero-order valence-corrected chi connectivity index (χ0v) is 28.5. The zero-order chi connectivity index (χ0) is 32.4. The van der Waals surface area contributed by atoms with Gasteiger partial charge in [0.25, 0.3) is 0 Å². The molecule has 1 N–H and O–H groups in total. The van der Waals surface area contributed by atoms with Gasteiger partial charge in [-0.15, -0.1) is 0 Å². The van der Waals surface area contributed by atoms with E-state index in [1.165, 1.54) is 27.9 Å². The summed E-state index contributed by atoms with van der Waals surface area (Å²) >= 11 is 0. The van der Waals surface area contributed by atoms with Gasteiger partial charge in [0, 0.05) is 0 Å². The number of aliphatic hydroxyl groups excluding tert-OH is 1. The topological polar surface area (TPSA) is 37.3 Å². The molecule has 0 saturated heterocycles. The maximum absolute atomic E-state index is 12.2. The molecule has 0 saturated carbocycles. The van der Waals surface area contributed by atoms with Gasteiger partial charge in [-0.2, -0.15) is 0 Å². The van der Waals surface area contributed by atoms with Gasteiger partial charge in [-0.3, -0.25) is 4.79 Å². The highest BCUT2D eigenvalue weighted by Crippen LogP contribution is 2.41. The summed E-state index contributed by atoms with van der Waals surface area (Å²) in [5.41, 5.74) is 9.57. The smallest absolute Gasteiger partial charge is 0.178 e. The first kappa shape index (κ1) is 37.5. The minimum absolute atomic E-state index is 0.000678. The van der Waals surface area contributed by atoms with Crippen LogP contribution in [0.25, 0.3) is 0 Å². The molecule has 1 aliphatic carbocycles. The van der Waals surface area contributed by atoms with E-state index >= 15 is 0 Å². The molecule has 1 unspecified atom stereocenters. The third-order valence-electron chi connectivity index (χ3n) is 7.25. The van der Waals surface area contributed by atoms with E-state index < -0.39 is 0 Å². The van der Waals surface area contributed by atoms with Crippen molar-refractivity contribution in [3.05, 3.63) is 142 Å². The van der Waals surface area contributed by atoms with Gasteiger partial charge in [-0.25, -0.2) is 0 Å². The molecule has 1 rings (SSSR count). The summed E-state index contributed by atoms with van der Waals surface area (Å²) in [6.45, 7) is 21.0. The Morgan fingerprint density at radius 1 is 0.767 bits per heavy atom. The number of hydrogen-bond donors (Lipinski definition) is 1. The second-order valence-electron chi connectivity index (χ2n) is 12.8. The van der Waals surface area contributed by atoms with E-state index in [-0.39, 0.29) is 17.3 Å². The summed E-state index contributed by atoms with van der Waals surface area (Å²) in [5.74, 6) is 0.0304. The van der Waals surface area contributed by atoms with E-state index in [9.17, 15) is 9.90 Å². The lowest BCUT2D eigenvalue weighted by molar-refractivity contribution is -0.110. The summed E-state index contributed by atoms with van der Waals surface area (Å²) in [5, 5.41) is 10.1. The van der Waals surface area contributed by atoms with E-state index in [2.05, 4.69) is 110 Å². The SMILES string of the molecule is CC(C)=CCC/C(C)=C/C(=O)/C=C/C(C)=C/C=C/C(C)=C/C=C/C=C(C)/C=C/C=C(C)/C=C/C1=C(C)CC(O)CC1(C)C. The van der Waals surface area contributed by atoms with Gasteiger partial charge in [0.15, 0.2) is 5.78 Å². The Bertz CT molecular complexity index is 1310. The standard InChI is InChI=1S/C41H56O2/c1-31(2)16-13-23-36(7)28-38(42)26-24-34(5)21-14-19-32(3)17-11-12-18-33(4)20-15-22-35(6)25-27-40-37(8)29-39(43)30-41(40,9)10/h11-12,14-22,24-28,39,43H,13,23,29-30H2,1-10H3/b12-11+,19-14+,20-15+,26-24+,27-25+,32-17+,33-18+,34-21+,35-22+,36-28+. The van der Waals surface area contributed by atoms with Crippen LogP contribution < -0.4 is 0 Å². The van der Waals surface area contributed by atoms with Gasteiger partial charge in [0.2, 0.25) is 0 Å². The zero-order valence-electron chi connectivity index (χ0n) is 28.5. The van der Waals surface area contributed by atoms with E-state index in [4.69, 9.17) is 0 Å². The highest BCUT2D eigenvalue weighted by Gasteiger charge is 2.31. The Kier molecular flexibility index (Phi) is 17.2. The van der Waals surface area contributed by atoms with E-state index in [1.54, 1.807) is 12.2 Å². The van der Waals surface area contributed by atoms with Crippen molar-refractivity contribution in [2.45, 2.75) is 101 Å². The van der Waals surface area contributed by atoms with Crippen molar-refractivity contribution in [3.63, 3.8) is 0 Å². The normalized spacial score (nSPS) is 19.7. The van der Waals surface area contributed by atoms with Crippen LogP contribution in [0.1, 0.15) is 94.9 Å². The van der Waals surface area contributed by atoms with Crippen molar-refractivity contribution in [1.82, 2.24) is 0 Å². The van der Waals surface area contributed by atoms with E-state index in [1.807, 2.05) is 44.2 Å². The van der Waals surface area contributed by atoms with Crippen LogP contribution in [-0.2, 0) is 4.79 Å². The molecule has 2 nitrogen and oxygen atoms in total. The first-order valence-electron chi connectivity index (χ1n) is 15.5. The quantitative estimate of drug-likeness (QED) is 0.126. The third-order valence-corrected chi connectivity index (χ3v) is 7.25. The van der Waals surface area contributed by atoms with Crippen molar-refractivity contribution in [1.29, 1.82) is 0 Å². The molecule has 0 bridgehead atoms. The van der Waals surface area contributed by atoms with E-state index in [0.717, 1.165) is 42.4 Å². The molecule has 43 heavy (non-hydrogen) atoms. The molecule has 0 spiro atoms. The van der Waals surface area contributed by atoms with Gasteiger partial charge < -0.3 is 5.11 Å². The molecule has 2 heteroatoms. The molecule has 0 aliphatic heterocycles. The Morgan fingerprint density at radius 3 is 1.81 bits per heavy atom. The molecule has 0 heterocycles. The van der Waals surface area contributed by atoms with Crippen LogP contribution in [-0.4, -0.2) is 17.0 Å². The molecule has 0 fully saturated rings. The molecule has 1 aliphatic rings. The fraction of sp³-hybridized carbons (Fsp3) is 0.390. The Hall–Kier alpha value is -3.49. The molecule has 232 valence electrons. The Labute approximate surface area is 263 Å². The predicted molar refractivity (Wildman–Crippen MR) is 190 cm³/mol. The largest absolute Gasteiger partial charge is 0.393 e. The van der Waals surface area contributed by atoms with Crippen LogP contribution in [0.4, 0.5) is 0 Å². The molecule has 0 aromatic heterocycles. The maximum Gasteiger partial charge on any atom is 0.178 e. The van der Waals surface area contributed by atoms with Gasteiger partial charge in [-0.1, -0.05) is 138 Å². The maximum atomic E-state index is 12.2. The first-order chi connectivity index (χ1) is 20.2. The lowest BCUT2D eigenvalue weighted by atomic mass is 9.71. The number of aliphatic hydroxyl groups is 1. The lowest BCUT2D eigenvalue weighted by Crippen LogP contribution is -2.28. The number of allylic oxidation sites excluding steroid dienone is 23. The number of carbonyl (C=O) groups excluding carboxylic acids is 1. The van der Waals surface area contributed by atoms with Gasteiger partial charge in [-0.05, 0) is 104 Å². The minimum atomic E-state index is -0.232. The molecular weight excluding hydrogens is 524 g/mol. The van der Waals surface area contributed by atoms with Crippen LogP contribution in [0.15, 0.2) is 142 Å². The third kappa shape index (κ3) is 17.3. The van der Waals surface area contributed by atoms with Gasteiger partial charge >= 0.3 is 0 Å². The van der Waals surface area contributed by atoms with Crippen molar-refractivity contribution >= 4 is 5.78 Å². The minimum Gasteiger partial charge on any atom is -0.393 e. The fourth-order valence-electron chi connectivity index (χ4n) is 4.90. The Morgan fingerprint density at radius 2 is 1.28 bits per heavy atom. The van der Waals surface area contributed by atoms with Crippen molar-refractivity contribution < 1.29 is 9.90 Å². The van der Waals surface area contributed by atoms with Crippen LogP contribution in [0.5, 0.6) is 0 Å². The Balaban J connectivity index is 2.61. The molecule has 0 radical (unpaired) electrons. The van der Waals surface area contributed by atoms with Crippen molar-refractivity contribution in [3.8, 4) is 0 Å². The monoisotopic (exact) mass is 580 g/mol. The molecule has 0 aromatic carbocycles. The molecule has 0 aromatic rings. The number of carbonyl (C=O) groups is 1. The summed E-state index contributed by atoms with van der Waals surface area (Å²) < 4.78 is 0. The first-order valence-corrected chi connectivity index (χ1v) is 15.5. The van der Waals surface area contributed by atoms with Crippen LogP contribution in [0.2, 0.25) is 0 Å². The van der Waals surface area contributed by atoms with Gasteiger partial charge in [0.05, 0.1) is 6.10 Å². The molecule has 0 amide bonds. The highest BCUT2D eigenvalue weighted by molar-refractivity contribution is 5.99. The summed E-state index contributed by atoms with van der Waals surface area (Å²) in [6, 6.07) is 0. The predicted octanol–water partition coefficient (Wildman–Crippen LogP) is 11.3. The van der Waals surface area contributed by atoms with Crippen LogP contribution >= 0.6 is 0 Å².